The lowest BCUT2D eigenvalue weighted by Crippen LogP contribution is -2.15. The summed E-state index contributed by atoms with van der Waals surface area (Å²) in [6.45, 7) is 12.5. The number of rotatable bonds is 8. The predicted octanol–water partition coefficient (Wildman–Crippen LogP) is 2.72. The monoisotopic (exact) mass is 601 g/mol. The number of halogens is 1. The van der Waals surface area contributed by atoms with Gasteiger partial charge in [-0.15, -0.1) is 0 Å². The number of amides is 1. The molecule has 0 spiro atoms. The molecule has 0 aromatic carbocycles. The van der Waals surface area contributed by atoms with E-state index in [1.165, 1.54) is 4.90 Å². The fourth-order valence-electron chi connectivity index (χ4n) is 2.82. The fraction of sp³-hybridized carbons (Fsp3) is 0.480. The highest BCUT2D eigenvalue weighted by Gasteiger charge is 2.12. The van der Waals surface area contributed by atoms with Gasteiger partial charge in [0.25, 0.3) is 6.08 Å². The van der Waals surface area contributed by atoms with Crippen LogP contribution in [-0.2, 0) is 51.0 Å². The lowest BCUT2D eigenvalue weighted by molar-refractivity contribution is -0.144. The predicted molar refractivity (Wildman–Crippen MR) is 148 cm³/mol. The van der Waals surface area contributed by atoms with Crippen LogP contribution in [0, 0.1) is 39.0 Å². The number of isocyanates is 1. The lowest BCUT2D eigenvalue weighted by Gasteiger charge is -2.07. The Morgan fingerprint density at radius 1 is 1.00 bits per heavy atom. The molecule has 0 saturated heterocycles. The minimum atomic E-state index is -4.00. The molecule has 2 heterocycles. The third kappa shape index (κ3) is 16.8. The molecule has 2 rings (SSSR count). The van der Waals surface area contributed by atoms with Crippen LogP contribution in [0.2, 0.25) is 0 Å². The minimum Gasteiger partial charge on any atom is -0.465 e. The molecule has 2 aromatic rings. The zero-order chi connectivity index (χ0) is 31.5. The van der Waals surface area contributed by atoms with E-state index in [4.69, 9.17) is 19.5 Å². The molecule has 15 heteroatoms. The SMILES string of the molecule is CCOC(=O)Cn1c(C)cc(C#N)c1C.CCOC(=O)Cn1c(C)ccc1C.CN(C)C=O.O=C=NS(=O)(=O)Cl. The number of aryl methyl sites for hydroxylation is 3. The van der Waals surface area contributed by atoms with Crippen molar-refractivity contribution < 1.29 is 37.1 Å². The highest BCUT2D eigenvalue weighted by molar-refractivity contribution is 8.12. The molecule has 2 aromatic heterocycles. The molecule has 0 aliphatic rings. The molecular formula is C25H36ClN5O8S. The average Bonchev–Trinajstić information content (AvgIpc) is 3.32. The first-order chi connectivity index (χ1) is 18.6. The van der Waals surface area contributed by atoms with Gasteiger partial charge in [0.05, 0.1) is 18.8 Å². The third-order valence-electron chi connectivity index (χ3n) is 4.65. The van der Waals surface area contributed by atoms with Gasteiger partial charge in [-0.2, -0.15) is 13.7 Å². The zero-order valence-electron chi connectivity index (χ0n) is 23.9. The topological polar surface area (TPSA) is 170 Å². The number of aromatic nitrogens is 2. The van der Waals surface area contributed by atoms with E-state index in [2.05, 4.69) is 21.1 Å². The summed E-state index contributed by atoms with van der Waals surface area (Å²) in [5.74, 6) is -0.450. The molecule has 0 aliphatic heterocycles. The molecular weight excluding hydrogens is 566 g/mol. The number of carbonyl (C=O) groups excluding carboxylic acids is 4. The molecule has 0 saturated carbocycles. The van der Waals surface area contributed by atoms with Crippen LogP contribution in [0.5, 0.6) is 0 Å². The van der Waals surface area contributed by atoms with Gasteiger partial charge in [0.15, 0.2) is 0 Å². The Bertz CT molecular complexity index is 1280. The third-order valence-corrected chi connectivity index (χ3v) is 5.15. The van der Waals surface area contributed by atoms with E-state index >= 15 is 0 Å². The van der Waals surface area contributed by atoms with E-state index in [0.29, 0.717) is 25.3 Å². The smallest absolute Gasteiger partial charge is 0.350 e. The number of hydrogen-bond acceptors (Lipinski definition) is 9. The minimum absolute atomic E-state index is 0.174. The Hall–Kier alpha value is -3.92. The van der Waals surface area contributed by atoms with Crippen LogP contribution < -0.4 is 0 Å². The molecule has 222 valence electrons. The highest BCUT2D eigenvalue weighted by Crippen LogP contribution is 2.13. The van der Waals surface area contributed by atoms with Crippen LogP contribution in [0.3, 0.4) is 0 Å². The number of ether oxygens (including phenoxy) is 2. The molecule has 13 nitrogen and oxygen atoms in total. The van der Waals surface area contributed by atoms with Crippen molar-refractivity contribution in [2.24, 2.45) is 4.40 Å². The van der Waals surface area contributed by atoms with Gasteiger partial charge < -0.3 is 23.5 Å². The quantitative estimate of drug-likeness (QED) is 0.145. The molecule has 0 fully saturated rings. The summed E-state index contributed by atoms with van der Waals surface area (Å²) in [4.78, 5) is 42.4. The molecule has 1 amide bonds. The maximum Gasteiger partial charge on any atom is 0.350 e. The summed E-state index contributed by atoms with van der Waals surface area (Å²) in [5, 5.41) is 8.81. The number of hydrogen-bond donors (Lipinski definition) is 0. The number of nitriles is 1. The molecule has 0 unspecified atom stereocenters. The second-order valence-corrected chi connectivity index (χ2v) is 10.1. The number of carbonyl (C=O) groups is 3. The van der Waals surface area contributed by atoms with Gasteiger partial charge in [0.1, 0.15) is 19.2 Å². The van der Waals surface area contributed by atoms with Crippen molar-refractivity contribution in [2.45, 2.75) is 54.6 Å². The van der Waals surface area contributed by atoms with Gasteiger partial charge in [-0.25, -0.2) is 4.79 Å². The molecule has 0 atom stereocenters. The fourth-order valence-corrected chi connectivity index (χ4v) is 3.00. The van der Waals surface area contributed by atoms with Gasteiger partial charge in [0.2, 0.25) is 6.41 Å². The number of esters is 2. The Morgan fingerprint density at radius 3 is 1.70 bits per heavy atom. The Morgan fingerprint density at radius 2 is 1.43 bits per heavy atom. The summed E-state index contributed by atoms with van der Waals surface area (Å²) in [6, 6.07) is 7.85. The van der Waals surface area contributed by atoms with E-state index in [1.54, 1.807) is 31.7 Å². The zero-order valence-corrected chi connectivity index (χ0v) is 25.5. The van der Waals surface area contributed by atoms with Crippen molar-refractivity contribution in [3.63, 3.8) is 0 Å². The van der Waals surface area contributed by atoms with Crippen LogP contribution in [0.25, 0.3) is 0 Å². The van der Waals surface area contributed by atoms with Crippen LogP contribution in [0.4, 0.5) is 0 Å². The van der Waals surface area contributed by atoms with E-state index in [-0.39, 0.29) is 18.5 Å². The average molecular weight is 602 g/mol. The van der Waals surface area contributed by atoms with Gasteiger partial charge in [-0.3, -0.25) is 14.4 Å². The standard InChI is InChI=1S/C11H14N2O2.C10H15NO2.C3H7NO.CClNO3S/c1-4-15-11(14)7-13-8(2)5-10(6-12)9(13)3;1-4-13-10(12)7-11-8(2)5-6-9(11)3;1-4(2)3-5;2-7(5,6)3-1-4/h5H,4,7H2,1-3H3;5-6H,4,7H2,1-3H3;3H,1-2H3;. The lowest BCUT2D eigenvalue weighted by atomic mass is 10.3. The summed E-state index contributed by atoms with van der Waals surface area (Å²) in [6.07, 6.45) is 1.51. The van der Waals surface area contributed by atoms with E-state index < -0.39 is 9.24 Å². The Balaban J connectivity index is 0. The maximum absolute atomic E-state index is 11.3. The second-order valence-electron chi connectivity index (χ2n) is 7.96. The Labute approximate surface area is 239 Å². The van der Waals surface area contributed by atoms with E-state index in [9.17, 15) is 22.8 Å². The largest absolute Gasteiger partial charge is 0.465 e. The maximum atomic E-state index is 11.3. The van der Waals surface area contributed by atoms with Crippen molar-refractivity contribution >= 4 is 44.3 Å². The van der Waals surface area contributed by atoms with Gasteiger partial charge in [-0.1, -0.05) is 4.40 Å². The molecule has 0 aliphatic carbocycles. The van der Waals surface area contributed by atoms with Crippen molar-refractivity contribution in [1.82, 2.24) is 14.0 Å². The van der Waals surface area contributed by atoms with Crippen LogP contribution >= 0.6 is 10.7 Å². The van der Waals surface area contributed by atoms with Crippen molar-refractivity contribution in [1.29, 1.82) is 5.26 Å². The van der Waals surface area contributed by atoms with Gasteiger partial charge in [-0.05, 0) is 59.7 Å². The molecule has 40 heavy (non-hydrogen) atoms. The summed E-state index contributed by atoms with van der Waals surface area (Å²) < 4.78 is 34.8. The van der Waals surface area contributed by atoms with Crippen LogP contribution in [0.15, 0.2) is 22.6 Å². The van der Waals surface area contributed by atoms with Crippen LogP contribution in [-0.4, -0.2) is 74.2 Å². The first kappa shape index (κ1) is 38.2. The summed E-state index contributed by atoms with van der Waals surface area (Å²) in [7, 11) is 3.75. The number of nitrogens with zero attached hydrogens (tertiary/aromatic N) is 5. The molecule has 0 N–H and O–H groups in total. The van der Waals surface area contributed by atoms with Crippen molar-refractivity contribution in [3.05, 3.63) is 46.5 Å². The van der Waals surface area contributed by atoms with Gasteiger partial charge >= 0.3 is 21.2 Å². The molecule has 0 radical (unpaired) electrons. The first-order valence-corrected chi connectivity index (χ1v) is 14.0. The summed E-state index contributed by atoms with van der Waals surface area (Å²) >= 11 is 0. The first-order valence-electron chi connectivity index (χ1n) is 11.7. The highest BCUT2D eigenvalue weighted by atomic mass is 35.7. The normalized spacial score (nSPS) is 9.50. The van der Waals surface area contributed by atoms with Crippen LogP contribution in [0.1, 0.15) is 42.2 Å². The van der Waals surface area contributed by atoms with E-state index in [1.807, 2.05) is 51.3 Å². The summed E-state index contributed by atoms with van der Waals surface area (Å²) in [5.41, 5.74) is 4.49. The van der Waals surface area contributed by atoms with E-state index in [0.717, 1.165) is 35.3 Å². The van der Waals surface area contributed by atoms with Crippen molar-refractivity contribution in [3.8, 4) is 6.07 Å². The second kappa shape index (κ2) is 20.0. The molecule has 0 bridgehead atoms. The van der Waals surface area contributed by atoms with Crippen molar-refractivity contribution in [2.75, 3.05) is 27.3 Å². The van der Waals surface area contributed by atoms with Gasteiger partial charge in [0, 0.05) is 47.6 Å². The Kier molecular flexibility index (Phi) is 19.2.